The lowest BCUT2D eigenvalue weighted by Gasteiger charge is -2.14. The molecule has 1 unspecified atom stereocenters. The fourth-order valence-corrected chi connectivity index (χ4v) is 3.62. The lowest BCUT2D eigenvalue weighted by Crippen LogP contribution is -2.19. The maximum Gasteiger partial charge on any atom is 0.244 e. The van der Waals surface area contributed by atoms with Gasteiger partial charge >= 0.3 is 0 Å². The van der Waals surface area contributed by atoms with Crippen LogP contribution in [-0.2, 0) is 17.8 Å². The molecule has 0 aliphatic carbocycles. The second kappa shape index (κ2) is 7.16. The van der Waals surface area contributed by atoms with Crippen LogP contribution in [0.3, 0.4) is 0 Å². The van der Waals surface area contributed by atoms with Crippen molar-refractivity contribution in [3.05, 3.63) is 53.2 Å². The van der Waals surface area contributed by atoms with E-state index < -0.39 is 0 Å². The predicted molar refractivity (Wildman–Crippen MR) is 107 cm³/mol. The molecule has 0 radical (unpaired) electrons. The Morgan fingerprint density at radius 1 is 1.33 bits per heavy atom. The average molecular weight is 385 g/mol. The van der Waals surface area contributed by atoms with E-state index in [0.717, 1.165) is 28.6 Å². The Kier molecular flexibility index (Phi) is 4.70. The molecule has 6 heteroatoms. The van der Waals surface area contributed by atoms with E-state index in [1.807, 2.05) is 61.0 Å². The molecule has 0 spiro atoms. The molecule has 3 aromatic rings. The highest BCUT2D eigenvalue weighted by Gasteiger charge is 2.22. The lowest BCUT2D eigenvalue weighted by molar-refractivity contribution is -0.116. The summed E-state index contributed by atoms with van der Waals surface area (Å²) in [5.74, 6) is 1.33. The van der Waals surface area contributed by atoms with E-state index in [4.69, 9.17) is 21.1 Å². The van der Waals surface area contributed by atoms with Crippen LogP contribution in [0, 0.1) is 0 Å². The fourth-order valence-electron chi connectivity index (χ4n) is 3.45. The predicted octanol–water partition coefficient (Wildman–Crippen LogP) is 4.66. The number of halogens is 1. The molecule has 1 atom stereocenters. The number of nitrogens with one attached hydrogen (secondary N) is 1. The molecule has 2 aromatic carbocycles. The number of aromatic nitrogens is 1. The van der Waals surface area contributed by atoms with Gasteiger partial charge in [-0.3, -0.25) is 4.79 Å². The standard InChI is InChI=1S/C21H21ClN2O3/c1-3-26-20-9-15-8-13(2)27-19(15)11-17(20)23-21(25)12-24-7-6-14-4-5-16(22)10-18(14)24/h4-7,9-11,13H,3,8,12H2,1-2H3,(H,23,25). The van der Waals surface area contributed by atoms with Gasteiger partial charge in [0.2, 0.25) is 5.91 Å². The zero-order valence-corrected chi connectivity index (χ0v) is 16.0. The van der Waals surface area contributed by atoms with Gasteiger partial charge in [0.05, 0.1) is 12.3 Å². The van der Waals surface area contributed by atoms with Crippen molar-refractivity contribution in [3.8, 4) is 11.5 Å². The van der Waals surface area contributed by atoms with Crippen LogP contribution in [0.2, 0.25) is 5.02 Å². The number of rotatable bonds is 5. The third-order valence-corrected chi connectivity index (χ3v) is 4.86. The molecule has 1 N–H and O–H groups in total. The van der Waals surface area contributed by atoms with Crippen molar-refractivity contribution < 1.29 is 14.3 Å². The normalized spacial score (nSPS) is 15.4. The summed E-state index contributed by atoms with van der Waals surface area (Å²) in [4.78, 5) is 12.7. The van der Waals surface area contributed by atoms with Gasteiger partial charge in [-0.2, -0.15) is 0 Å². The Morgan fingerprint density at radius 3 is 3.00 bits per heavy atom. The molecule has 1 aliphatic rings. The maximum atomic E-state index is 12.7. The van der Waals surface area contributed by atoms with Gasteiger partial charge in [-0.15, -0.1) is 0 Å². The SMILES string of the molecule is CCOc1cc2c(cc1NC(=O)Cn1ccc3ccc(Cl)cc31)OC(C)C2. The third-order valence-electron chi connectivity index (χ3n) is 4.62. The largest absolute Gasteiger partial charge is 0.492 e. The summed E-state index contributed by atoms with van der Waals surface area (Å²) in [6, 6.07) is 11.4. The summed E-state index contributed by atoms with van der Waals surface area (Å²) in [5, 5.41) is 4.65. The van der Waals surface area contributed by atoms with Crippen molar-refractivity contribution in [1.29, 1.82) is 0 Å². The van der Waals surface area contributed by atoms with Crippen LogP contribution in [0.25, 0.3) is 10.9 Å². The van der Waals surface area contributed by atoms with Gasteiger partial charge in [0, 0.05) is 34.8 Å². The number of hydrogen-bond acceptors (Lipinski definition) is 3. The number of amides is 1. The molecular weight excluding hydrogens is 364 g/mol. The van der Waals surface area contributed by atoms with Gasteiger partial charge in [-0.25, -0.2) is 0 Å². The average Bonchev–Trinajstić information content (AvgIpc) is 3.17. The molecule has 0 saturated heterocycles. The molecule has 4 rings (SSSR count). The fraction of sp³-hybridized carbons (Fsp3) is 0.286. The highest BCUT2D eigenvalue weighted by atomic mass is 35.5. The first-order chi connectivity index (χ1) is 13.0. The van der Waals surface area contributed by atoms with E-state index in [9.17, 15) is 4.79 Å². The minimum atomic E-state index is -0.139. The first-order valence-corrected chi connectivity index (χ1v) is 9.42. The second-order valence-electron chi connectivity index (χ2n) is 6.72. The Labute approximate surface area is 162 Å². The number of fused-ring (bicyclic) bond motifs is 2. The lowest BCUT2D eigenvalue weighted by atomic mass is 10.1. The van der Waals surface area contributed by atoms with Gasteiger partial charge in [0.1, 0.15) is 24.1 Å². The monoisotopic (exact) mass is 384 g/mol. The smallest absolute Gasteiger partial charge is 0.244 e. The van der Waals surface area contributed by atoms with E-state index in [1.54, 1.807) is 0 Å². The zero-order chi connectivity index (χ0) is 19.0. The highest BCUT2D eigenvalue weighted by Crippen LogP contribution is 2.38. The summed E-state index contributed by atoms with van der Waals surface area (Å²) in [6.07, 6.45) is 2.87. The number of nitrogens with zero attached hydrogens (tertiary/aromatic N) is 1. The van der Waals surface area contributed by atoms with Crippen LogP contribution in [0.1, 0.15) is 19.4 Å². The number of anilines is 1. The second-order valence-corrected chi connectivity index (χ2v) is 7.15. The van der Waals surface area contributed by atoms with E-state index in [-0.39, 0.29) is 18.6 Å². The quantitative estimate of drug-likeness (QED) is 0.696. The van der Waals surface area contributed by atoms with Crippen LogP contribution >= 0.6 is 11.6 Å². The van der Waals surface area contributed by atoms with Crippen molar-refractivity contribution in [2.24, 2.45) is 0 Å². The van der Waals surface area contributed by atoms with E-state index in [0.29, 0.717) is 23.1 Å². The molecule has 1 aromatic heterocycles. The number of carbonyl (C=O) groups excluding carboxylic acids is 1. The van der Waals surface area contributed by atoms with Gasteiger partial charge in [0.25, 0.3) is 0 Å². The first-order valence-electron chi connectivity index (χ1n) is 9.04. The Hall–Kier alpha value is -2.66. The molecule has 140 valence electrons. The Morgan fingerprint density at radius 2 is 2.19 bits per heavy atom. The molecule has 1 amide bonds. The van der Waals surface area contributed by atoms with Crippen LogP contribution in [0.15, 0.2) is 42.6 Å². The van der Waals surface area contributed by atoms with Crippen LogP contribution in [0.5, 0.6) is 11.5 Å². The van der Waals surface area contributed by atoms with Crippen molar-refractivity contribution in [1.82, 2.24) is 4.57 Å². The topological polar surface area (TPSA) is 52.5 Å². The molecule has 5 nitrogen and oxygen atoms in total. The number of ether oxygens (including phenoxy) is 2. The van der Waals surface area contributed by atoms with Crippen molar-refractivity contribution in [2.45, 2.75) is 32.9 Å². The van der Waals surface area contributed by atoms with E-state index >= 15 is 0 Å². The van der Waals surface area contributed by atoms with Crippen LogP contribution in [0.4, 0.5) is 5.69 Å². The van der Waals surface area contributed by atoms with Crippen LogP contribution in [-0.4, -0.2) is 23.2 Å². The molecule has 0 saturated carbocycles. The van der Waals surface area contributed by atoms with Crippen molar-refractivity contribution in [3.63, 3.8) is 0 Å². The first kappa shape index (κ1) is 17.7. The van der Waals surface area contributed by atoms with Crippen LogP contribution < -0.4 is 14.8 Å². The van der Waals surface area contributed by atoms with E-state index in [2.05, 4.69) is 5.32 Å². The molecule has 0 bridgehead atoms. The van der Waals surface area contributed by atoms with Gasteiger partial charge in [-0.05, 0) is 43.5 Å². The van der Waals surface area contributed by atoms with Crippen molar-refractivity contribution in [2.75, 3.05) is 11.9 Å². The van der Waals surface area contributed by atoms with Crippen molar-refractivity contribution >= 4 is 34.1 Å². The minimum absolute atomic E-state index is 0.136. The number of hydrogen-bond donors (Lipinski definition) is 1. The van der Waals surface area contributed by atoms with E-state index in [1.165, 1.54) is 0 Å². The summed E-state index contributed by atoms with van der Waals surface area (Å²) < 4.78 is 13.4. The molecule has 0 fully saturated rings. The molecule has 2 heterocycles. The zero-order valence-electron chi connectivity index (χ0n) is 15.3. The summed E-state index contributed by atoms with van der Waals surface area (Å²) in [7, 11) is 0. The maximum absolute atomic E-state index is 12.7. The summed E-state index contributed by atoms with van der Waals surface area (Å²) >= 11 is 6.09. The van der Waals surface area contributed by atoms with Gasteiger partial charge in [0.15, 0.2) is 0 Å². The minimum Gasteiger partial charge on any atom is -0.492 e. The number of benzene rings is 2. The number of carbonyl (C=O) groups is 1. The summed E-state index contributed by atoms with van der Waals surface area (Å²) in [6.45, 7) is 4.66. The Balaban J connectivity index is 1.57. The van der Waals surface area contributed by atoms with Gasteiger partial charge in [-0.1, -0.05) is 17.7 Å². The third kappa shape index (κ3) is 3.60. The highest BCUT2D eigenvalue weighted by molar-refractivity contribution is 6.31. The van der Waals surface area contributed by atoms with Gasteiger partial charge < -0.3 is 19.4 Å². The Bertz CT molecular complexity index is 1010. The molecular formula is C21H21ClN2O3. The molecule has 27 heavy (non-hydrogen) atoms. The molecule has 1 aliphatic heterocycles. The summed E-state index contributed by atoms with van der Waals surface area (Å²) in [5.41, 5.74) is 2.66.